The topological polar surface area (TPSA) is 55.8 Å². The highest BCUT2D eigenvalue weighted by atomic mass is 16.6. The number of carbonyl (C=O) groups excluding carboxylic acids is 2. The number of ether oxygens (including phenoxy) is 2. The van der Waals surface area contributed by atoms with Crippen LogP contribution in [0.15, 0.2) is 12.7 Å². The third kappa shape index (κ3) is 2.14. The number of hydrogen-bond acceptors (Lipinski definition) is 4. The van der Waals surface area contributed by atoms with Crippen molar-refractivity contribution in [1.29, 1.82) is 0 Å². The standard InChI is InChI=1S/C12H17NO4/c1-3-8-4-5-9-7-17-12(15)13(9)10(8)6-11(14)16-2/h3,8-10H,1,4-7H2,2H3/t8-,9-,10+/m0/s1. The molecule has 0 unspecified atom stereocenters. The average molecular weight is 239 g/mol. The molecule has 5 nitrogen and oxygen atoms in total. The van der Waals surface area contributed by atoms with Crippen LogP contribution in [0.3, 0.4) is 0 Å². The van der Waals surface area contributed by atoms with E-state index in [1.54, 1.807) is 4.90 Å². The van der Waals surface area contributed by atoms with Gasteiger partial charge in [-0.25, -0.2) is 4.79 Å². The Labute approximate surface area is 100 Å². The number of methoxy groups -OCH3 is 1. The number of rotatable bonds is 3. The van der Waals surface area contributed by atoms with Gasteiger partial charge in [-0.05, 0) is 18.8 Å². The highest BCUT2D eigenvalue weighted by molar-refractivity contribution is 5.74. The van der Waals surface area contributed by atoms with E-state index in [1.807, 2.05) is 6.08 Å². The van der Waals surface area contributed by atoms with Crippen molar-refractivity contribution >= 4 is 12.1 Å². The number of piperidine rings is 1. The van der Waals surface area contributed by atoms with Gasteiger partial charge >= 0.3 is 12.1 Å². The summed E-state index contributed by atoms with van der Waals surface area (Å²) in [5, 5.41) is 0. The van der Waals surface area contributed by atoms with Gasteiger partial charge in [-0.1, -0.05) is 6.08 Å². The van der Waals surface area contributed by atoms with E-state index in [4.69, 9.17) is 4.74 Å². The molecule has 0 aliphatic carbocycles. The molecule has 94 valence electrons. The molecule has 0 bridgehead atoms. The Bertz CT molecular complexity index is 341. The molecule has 2 fully saturated rings. The summed E-state index contributed by atoms with van der Waals surface area (Å²) < 4.78 is 9.72. The Balaban J connectivity index is 2.17. The van der Waals surface area contributed by atoms with Crippen LogP contribution < -0.4 is 0 Å². The monoisotopic (exact) mass is 239 g/mol. The van der Waals surface area contributed by atoms with E-state index in [-0.39, 0.29) is 36.5 Å². The third-order valence-corrected chi connectivity index (χ3v) is 3.59. The fourth-order valence-corrected chi connectivity index (χ4v) is 2.66. The number of hydrogen-bond donors (Lipinski definition) is 0. The predicted octanol–water partition coefficient (Wildman–Crippen LogP) is 1.33. The average Bonchev–Trinajstić information content (AvgIpc) is 2.71. The molecule has 1 amide bonds. The summed E-state index contributed by atoms with van der Waals surface area (Å²) in [5.74, 6) is -0.168. The highest BCUT2D eigenvalue weighted by Gasteiger charge is 2.44. The zero-order valence-electron chi connectivity index (χ0n) is 9.93. The number of nitrogens with zero attached hydrogens (tertiary/aromatic N) is 1. The number of carbonyl (C=O) groups is 2. The van der Waals surface area contributed by atoms with Crippen LogP contribution in [0.1, 0.15) is 19.3 Å². The van der Waals surface area contributed by atoms with E-state index in [1.165, 1.54) is 7.11 Å². The molecule has 0 N–H and O–H groups in total. The Hall–Kier alpha value is -1.52. The minimum absolute atomic E-state index is 0.105. The molecule has 2 aliphatic heterocycles. The van der Waals surface area contributed by atoms with Crippen LogP contribution in [-0.4, -0.2) is 42.8 Å². The Morgan fingerprint density at radius 2 is 2.41 bits per heavy atom. The van der Waals surface area contributed by atoms with Crippen LogP contribution in [-0.2, 0) is 14.3 Å². The Morgan fingerprint density at radius 1 is 1.65 bits per heavy atom. The third-order valence-electron chi connectivity index (χ3n) is 3.59. The van der Waals surface area contributed by atoms with Crippen LogP contribution in [0.2, 0.25) is 0 Å². The van der Waals surface area contributed by atoms with Gasteiger partial charge < -0.3 is 9.47 Å². The number of cyclic esters (lactones) is 1. The van der Waals surface area contributed by atoms with Gasteiger partial charge in [0.15, 0.2) is 0 Å². The highest BCUT2D eigenvalue weighted by Crippen LogP contribution is 2.34. The van der Waals surface area contributed by atoms with Gasteiger partial charge in [-0.2, -0.15) is 0 Å². The maximum Gasteiger partial charge on any atom is 0.410 e. The molecule has 0 radical (unpaired) electrons. The quantitative estimate of drug-likeness (QED) is 0.551. The smallest absolute Gasteiger partial charge is 0.410 e. The van der Waals surface area contributed by atoms with Crippen LogP contribution in [0, 0.1) is 5.92 Å². The van der Waals surface area contributed by atoms with E-state index in [9.17, 15) is 9.59 Å². The van der Waals surface area contributed by atoms with E-state index in [0.717, 1.165) is 12.8 Å². The maximum atomic E-state index is 11.7. The Kier molecular flexibility index (Phi) is 3.36. The van der Waals surface area contributed by atoms with Crippen molar-refractivity contribution in [2.24, 2.45) is 5.92 Å². The Morgan fingerprint density at radius 3 is 3.06 bits per heavy atom. The van der Waals surface area contributed by atoms with Crippen LogP contribution >= 0.6 is 0 Å². The van der Waals surface area contributed by atoms with Gasteiger partial charge in [0.05, 0.1) is 25.6 Å². The molecule has 2 rings (SSSR count). The zero-order valence-corrected chi connectivity index (χ0v) is 9.93. The molecular formula is C12H17NO4. The molecule has 0 spiro atoms. The fourth-order valence-electron chi connectivity index (χ4n) is 2.66. The molecule has 17 heavy (non-hydrogen) atoms. The summed E-state index contributed by atoms with van der Waals surface area (Å²) in [5.41, 5.74) is 0. The lowest BCUT2D eigenvalue weighted by Gasteiger charge is -2.39. The summed E-state index contributed by atoms with van der Waals surface area (Å²) in [6, 6.07) is -0.0675. The van der Waals surface area contributed by atoms with Gasteiger partial charge in [0.2, 0.25) is 0 Å². The summed E-state index contributed by atoms with van der Waals surface area (Å²) in [4.78, 5) is 24.8. The van der Waals surface area contributed by atoms with E-state index < -0.39 is 0 Å². The van der Waals surface area contributed by atoms with Crippen molar-refractivity contribution in [3.8, 4) is 0 Å². The van der Waals surface area contributed by atoms with Gasteiger partial charge in [0.25, 0.3) is 0 Å². The minimum atomic E-state index is -0.324. The molecule has 0 aromatic carbocycles. The van der Waals surface area contributed by atoms with E-state index >= 15 is 0 Å². The predicted molar refractivity (Wildman–Crippen MR) is 60.3 cm³/mol. The fraction of sp³-hybridized carbons (Fsp3) is 0.667. The van der Waals surface area contributed by atoms with Gasteiger partial charge in [0.1, 0.15) is 6.61 Å². The number of amides is 1. The molecule has 2 saturated heterocycles. The first-order valence-electron chi connectivity index (χ1n) is 5.81. The van der Waals surface area contributed by atoms with E-state index in [0.29, 0.717) is 6.61 Å². The first kappa shape index (κ1) is 12.0. The van der Waals surface area contributed by atoms with Gasteiger partial charge in [-0.3, -0.25) is 9.69 Å². The number of fused-ring (bicyclic) bond motifs is 1. The summed E-state index contributed by atoms with van der Waals surface area (Å²) in [7, 11) is 1.36. The first-order valence-corrected chi connectivity index (χ1v) is 5.81. The van der Waals surface area contributed by atoms with Gasteiger partial charge in [-0.15, -0.1) is 6.58 Å². The second kappa shape index (κ2) is 4.77. The van der Waals surface area contributed by atoms with Crippen molar-refractivity contribution in [3.63, 3.8) is 0 Å². The lowest BCUT2D eigenvalue weighted by Crippen LogP contribution is -2.50. The molecular weight excluding hydrogens is 222 g/mol. The number of esters is 1. The second-order valence-corrected chi connectivity index (χ2v) is 4.46. The van der Waals surface area contributed by atoms with Crippen molar-refractivity contribution in [1.82, 2.24) is 4.90 Å². The molecule has 0 saturated carbocycles. The zero-order chi connectivity index (χ0) is 12.4. The first-order chi connectivity index (χ1) is 8.17. The van der Waals surface area contributed by atoms with Crippen molar-refractivity contribution < 1.29 is 19.1 Å². The minimum Gasteiger partial charge on any atom is -0.469 e. The lowest BCUT2D eigenvalue weighted by molar-refractivity contribution is -0.142. The van der Waals surface area contributed by atoms with Gasteiger partial charge in [0, 0.05) is 0 Å². The molecule has 5 heteroatoms. The second-order valence-electron chi connectivity index (χ2n) is 4.46. The summed E-state index contributed by atoms with van der Waals surface area (Å²) in [6.45, 7) is 4.21. The van der Waals surface area contributed by atoms with Crippen molar-refractivity contribution in [2.75, 3.05) is 13.7 Å². The van der Waals surface area contributed by atoms with E-state index in [2.05, 4.69) is 11.3 Å². The molecule has 0 aromatic rings. The summed E-state index contributed by atoms with van der Waals surface area (Å²) >= 11 is 0. The molecule has 3 atom stereocenters. The SMILES string of the molecule is C=C[C@H]1CC[C@H]2COC(=O)N2[C@@H]1CC(=O)OC. The lowest BCUT2D eigenvalue weighted by atomic mass is 9.84. The normalized spacial score (nSPS) is 31.7. The molecule has 0 aromatic heterocycles. The van der Waals surface area contributed by atoms with Crippen molar-refractivity contribution in [3.05, 3.63) is 12.7 Å². The largest absolute Gasteiger partial charge is 0.469 e. The van der Waals surface area contributed by atoms with Crippen LogP contribution in [0.25, 0.3) is 0 Å². The van der Waals surface area contributed by atoms with Crippen molar-refractivity contribution in [2.45, 2.75) is 31.3 Å². The molecule has 2 heterocycles. The van der Waals surface area contributed by atoms with Crippen LogP contribution in [0.5, 0.6) is 0 Å². The molecule has 2 aliphatic rings. The summed E-state index contributed by atoms with van der Waals surface area (Å²) in [6.07, 6.45) is 3.53. The maximum absolute atomic E-state index is 11.7. The van der Waals surface area contributed by atoms with Crippen LogP contribution in [0.4, 0.5) is 4.79 Å².